The van der Waals surface area contributed by atoms with Crippen molar-refractivity contribution in [3.8, 4) is 0 Å². The van der Waals surface area contributed by atoms with E-state index >= 15 is 0 Å². The number of aliphatic hydroxyl groups excluding tert-OH is 1. The highest BCUT2D eigenvalue weighted by Crippen LogP contribution is 2.61. The molecule has 0 spiro atoms. The van der Waals surface area contributed by atoms with Gasteiger partial charge in [0.1, 0.15) is 0 Å². The van der Waals surface area contributed by atoms with Crippen LogP contribution in [0.1, 0.15) is 56.6 Å². The number of ether oxygens (including phenoxy) is 1. The first-order chi connectivity index (χ1) is 13.1. The molecule has 3 rings (SSSR count). The molecule has 5 atom stereocenters. The van der Waals surface area contributed by atoms with Crippen molar-refractivity contribution in [1.29, 1.82) is 0 Å². The zero-order chi connectivity index (χ0) is 19.2. The van der Waals surface area contributed by atoms with Gasteiger partial charge in [0.15, 0.2) is 0 Å². The Morgan fingerprint density at radius 3 is 2.89 bits per heavy atom. The number of hydrogen-bond donors (Lipinski definition) is 1. The number of aryl methyl sites for hydroxylation is 1. The molecule has 27 heavy (non-hydrogen) atoms. The van der Waals surface area contributed by atoms with Crippen LogP contribution in [0, 0.1) is 23.7 Å². The molecule has 148 valence electrons. The highest BCUT2D eigenvalue weighted by molar-refractivity contribution is 5.69. The summed E-state index contributed by atoms with van der Waals surface area (Å²) >= 11 is 0. The Morgan fingerprint density at radius 1 is 1.30 bits per heavy atom. The summed E-state index contributed by atoms with van der Waals surface area (Å²) in [6, 6.07) is 8.48. The van der Waals surface area contributed by atoms with Gasteiger partial charge in [0.2, 0.25) is 0 Å². The van der Waals surface area contributed by atoms with Gasteiger partial charge in [-0.2, -0.15) is 0 Å². The normalized spacial score (nSPS) is 29.1. The van der Waals surface area contributed by atoms with Crippen LogP contribution in [-0.4, -0.2) is 24.3 Å². The van der Waals surface area contributed by atoms with Crippen molar-refractivity contribution in [1.82, 2.24) is 0 Å². The van der Waals surface area contributed by atoms with Gasteiger partial charge >= 0.3 is 5.97 Å². The van der Waals surface area contributed by atoms with Gasteiger partial charge in [0.05, 0.1) is 13.2 Å². The average molecular weight is 371 g/mol. The summed E-state index contributed by atoms with van der Waals surface area (Å²) in [6.45, 7) is 2.24. The second kappa shape index (κ2) is 9.54. The number of aliphatic hydroxyl groups is 1. The molecule has 0 aromatic heterocycles. The summed E-state index contributed by atoms with van der Waals surface area (Å²) < 4.78 is 4.73. The molecule has 0 amide bonds. The van der Waals surface area contributed by atoms with Crippen LogP contribution in [0.3, 0.4) is 0 Å². The largest absolute Gasteiger partial charge is 0.469 e. The third-order valence-corrected chi connectivity index (χ3v) is 6.44. The molecule has 2 fully saturated rings. The number of methoxy groups -OCH3 is 1. The van der Waals surface area contributed by atoms with E-state index in [2.05, 4.69) is 43.3 Å². The number of rotatable bonds is 10. The Kier molecular flexibility index (Phi) is 7.12. The lowest BCUT2D eigenvalue weighted by Crippen LogP contribution is -2.21. The summed E-state index contributed by atoms with van der Waals surface area (Å²) in [5, 5.41) is 10.5. The van der Waals surface area contributed by atoms with Gasteiger partial charge in [0.25, 0.3) is 0 Å². The molecule has 3 unspecified atom stereocenters. The van der Waals surface area contributed by atoms with E-state index in [1.54, 1.807) is 0 Å². The monoisotopic (exact) mass is 370 g/mol. The molecule has 0 radical (unpaired) electrons. The van der Waals surface area contributed by atoms with Gasteiger partial charge in [-0.3, -0.25) is 4.79 Å². The van der Waals surface area contributed by atoms with Gasteiger partial charge < -0.3 is 9.84 Å². The third kappa shape index (κ3) is 5.22. The summed E-state index contributed by atoms with van der Waals surface area (Å²) in [6.07, 6.45) is 12.7. The van der Waals surface area contributed by atoms with Crippen LogP contribution in [0.4, 0.5) is 0 Å². The zero-order valence-corrected chi connectivity index (χ0v) is 16.8. The number of carbonyl (C=O) groups is 1. The number of unbranched alkanes of at least 4 members (excludes halogenated alkanes) is 3. The number of fused-ring (bicyclic) bond motifs is 1. The summed E-state index contributed by atoms with van der Waals surface area (Å²) in [5.41, 5.74) is 2.45. The van der Waals surface area contributed by atoms with Crippen molar-refractivity contribution in [3.05, 3.63) is 47.5 Å². The number of carbonyl (C=O) groups excluding carboxylic acids is 1. The van der Waals surface area contributed by atoms with E-state index in [0.717, 1.165) is 12.8 Å². The molecular formula is C24H34O3. The molecule has 3 nitrogen and oxygen atoms in total. The molecule has 0 saturated heterocycles. The lowest BCUT2D eigenvalue weighted by atomic mass is 9.89. The average Bonchev–Trinajstić information content (AvgIpc) is 3.24. The molecule has 1 aromatic carbocycles. The van der Waals surface area contributed by atoms with E-state index in [1.807, 2.05) is 0 Å². The van der Waals surface area contributed by atoms with Crippen LogP contribution in [0.25, 0.3) is 0 Å². The van der Waals surface area contributed by atoms with Crippen molar-refractivity contribution in [3.63, 3.8) is 0 Å². The maximum absolute atomic E-state index is 11.4. The Bertz CT molecular complexity index is 651. The third-order valence-electron chi connectivity index (χ3n) is 6.44. The maximum Gasteiger partial charge on any atom is 0.305 e. The number of hydrogen-bond acceptors (Lipinski definition) is 3. The maximum atomic E-state index is 11.4. The van der Waals surface area contributed by atoms with Gasteiger partial charge in [-0.25, -0.2) is 0 Å². The molecule has 3 heteroatoms. The number of esters is 1. The number of allylic oxidation sites excluding steroid dienone is 2. The Balaban J connectivity index is 1.53. The number of benzene rings is 1. The minimum absolute atomic E-state index is 0.163. The second-order valence-corrected chi connectivity index (χ2v) is 8.31. The van der Waals surface area contributed by atoms with Gasteiger partial charge in [-0.1, -0.05) is 56.2 Å². The lowest BCUT2D eigenvalue weighted by molar-refractivity contribution is -0.140. The van der Waals surface area contributed by atoms with Gasteiger partial charge in [-0.15, -0.1) is 0 Å². The first-order valence-corrected chi connectivity index (χ1v) is 10.6. The molecule has 1 N–H and O–H groups in total. The minimum atomic E-state index is -0.166. The van der Waals surface area contributed by atoms with Gasteiger partial charge in [0, 0.05) is 6.42 Å². The van der Waals surface area contributed by atoms with Crippen LogP contribution in [0.2, 0.25) is 0 Å². The SMILES string of the molecule is CCCCCC=CC1[C@H]2C(Cc3cccc(CCC(=O)OC)c3)C(O)C[C@@H]12. The van der Waals surface area contributed by atoms with E-state index in [-0.39, 0.29) is 12.1 Å². The second-order valence-electron chi connectivity index (χ2n) is 8.31. The summed E-state index contributed by atoms with van der Waals surface area (Å²) in [4.78, 5) is 11.4. The van der Waals surface area contributed by atoms with Crippen molar-refractivity contribution in [2.24, 2.45) is 23.7 Å². The molecule has 2 aliphatic carbocycles. The highest BCUT2D eigenvalue weighted by Gasteiger charge is 2.59. The molecule has 0 heterocycles. The van der Waals surface area contributed by atoms with Crippen molar-refractivity contribution < 1.29 is 14.6 Å². The topological polar surface area (TPSA) is 46.5 Å². The van der Waals surface area contributed by atoms with Crippen molar-refractivity contribution in [2.45, 2.75) is 64.4 Å². The Labute approximate surface area is 163 Å². The van der Waals surface area contributed by atoms with E-state index in [4.69, 9.17) is 4.74 Å². The van der Waals surface area contributed by atoms with Crippen molar-refractivity contribution in [2.75, 3.05) is 7.11 Å². The fourth-order valence-electron chi connectivity index (χ4n) is 4.90. The zero-order valence-electron chi connectivity index (χ0n) is 16.8. The van der Waals surface area contributed by atoms with Crippen LogP contribution in [0.15, 0.2) is 36.4 Å². The van der Waals surface area contributed by atoms with Crippen LogP contribution in [0.5, 0.6) is 0 Å². The predicted octanol–water partition coefficient (Wildman–Crippen LogP) is 4.71. The highest BCUT2D eigenvalue weighted by atomic mass is 16.5. The van der Waals surface area contributed by atoms with E-state index in [0.29, 0.717) is 36.5 Å². The fraction of sp³-hybridized carbons (Fsp3) is 0.625. The molecule has 2 aliphatic rings. The first kappa shape index (κ1) is 20.1. The standard InChI is InChI=1S/C24H34O3/c1-3-4-5-6-7-11-19-20-16-22(25)21(24(19)20)15-18-10-8-9-17(14-18)12-13-23(26)27-2/h7-11,14,19-22,24-25H,3-6,12-13,15-16H2,1-2H3/t19?,20-,21?,22?,24+/m0/s1. The predicted molar refractivity (Wildman–Crippen MR) is 108 cm³/mol. The molecule has 2 saturated carbocycles. The first-order valence-electron chi connectivity index (χ1n) is 10.6. The molecule has 0 aliphatic heterocycles. The van der Waals surface area contributed by atoms with Crippen LogP contribution in [-0.2, 0) is 22.4 Å². The Hall–Kier alpha value is -1.61. The smallest absolute Gasteiger partial charge is 0.305 e. The summed E-state index contributed by atoms with van der Waals surface area (Å²) in [5.74, 6) is 2.23. The summed E-state index contributed by atoms with van der Waals surface area (Å²) in [7, 11) is 1.43. The lowest BCUT2D eigenvalue weighted by Gasteiger charge is -2.19. The van der Waals surface area contributed by atoms with Crippen molar-refractivity contribution >= 4 is 5.97 Å². The molecule has 0 bridgehead atoms. The van der Waals surface area contributed by atoms with E-state index < -0.39 is 0 Å². The van der Waals surface area contributed by atoms with E-state index in [9.17, 15) is 9.90 Å². The Morgan fingerprint density at radius 2 is 2.11 bits per heavy atom. The van der Waals surface area contributed by atoms with Crippen LogP contribution >= 0.6 is 0 Å². The van der Waals surface area contributed by atoms with E-state index in [1.165, 1.54) is 43.9 Å². The van der Waals surface area contributed by atoms with Crippen LogP contribution < -0.4 is 0 Å². The van der Waals surface area contributed by atoms with Gasteiger partial charge in [-0.05, 0) is 66.9 Å². The fourth-order valence-corrected chi connectivity index (χ4v) is 4.90. The quantitative estimate of drug-likeness (QED) is 0.368. The molecule has 1 aromatic rings. The minimum Gasteiger partial charge on any atom is -0.469 e. The molecular weight excluding hydrogens is 336 g/mol.